The van der Waals surface area contributed by atoms with Crippen LogP contribution in [0.4, 0.5) is 4.39 Å². The third-order valence-corrected chi connectivity index (χ3v) is 2.24. The van der Waals surface area contributed by atoms with Gasteiger partial charge in [-0.1, -0.05) is 12.2 Å². The smallest absolute Gasteiger partial charge is 0.115 e. The van der Waals surface area contributed by atoms with E-state index in [-0.39, 0.29) is 0 Å². The Morgan fingerprint density at radius 3 is 2.50 bits per heavy atom. The monoisotopic (exact) mass is 202 g/mol. The molecular weight excluding hydrogens is 179 g/mol. The van der Waals surface area contributed by atoms with Crippen LogP contribution in [0.25, 0.3) is 0 Å². The molecule has 0 fully saturated rings. The second kappa shape index (κ2) is 7.94. The summed E-state index contributed by atoms with van der Waals surface area (Å²) in [6, 6.07) is 0.527. The zero-order chi connectivity index (χ0) is 11.0. The molecule has 0 aromatic rings. The fraction of sp³-hybridized carbons (Fsp3) is 0.818. The Morgan fingerprint density at radius 2 is 2.07 bits per heavy atom. The maximum absolute atomic E-state index is 12.4. The largest absolute Gasteiger partial charge is 0.318 e. The van der Waals surface area contributed by atoms with Gasteiger partial charge >= 0.3 is 0 Å². The van der Waals surface area contributed by atoms with Gasteiger partial charge in [-0.05, 0) is 40.9 Å². The predicted octanol–water partition coefficient (Wildman–Crippen LogP) is 1.83. The van der Waals surface area contributed by atoms with Crippen LogP contribution in [-0.4, -0.2) is 44.8 Å². The number of nitrogens with zero attached hydrogens (tertiary/aromatic N) is 1. The van der Waals surface area contributed by atoms with Crippen molar-refractivity contribution in [1.82, 2.24) is 10.2 Å². The molecule has 2 nitrogen and oxygen atoms in total. The van der Waals surface area contributed by atoms with Crippen molar-refractivity contribution in [3.8, 4) is 0 Å². The number of alkyl halides is 1. The molecule has 0 saturated heterocycles. The lowest BCUT2D eigenvalue weighted by Gasteiger charge is -2.23. The van der Waals surface area contributed by atoms with E-state index in [0.717, 1.165) is 19.4 Å². The molecule has 0 rings (SSSR count). The Morgan fingerprint density at radius 1 is 1.43 bits per heavy atom. The van der Waals surface area contributed by atoms with Gasteiger partial charge in [0.1, 0.15) is 6.17 Å². The summed E-state index contributed by atoms with van der Waals surface area (Å²) in [6.45, 7) is 2.53. The Hall–Kier alpha value is -0.410. The zero-order valence-electron chi connectivity index (χ0n) is 9.76. The second-order valence-electron chi connectivity index (χ2n) is 3.86. The fourth-order valence-corrected chi connectivity index (χ4v) is 1.35. The van der Waals surface area contributed by atoms with Gasteiger partial charge in [0.25, 0.3) is 0 Å². The van der Waals surface area contributed by atoms with E-state index in [1.54, 1.807) is 13.0 Å². The quantitative estimate of drug-likeness (QED) is 0.634. The number of hydrogen-bond acceptors (Lipinski definition) is 2. The lowest BCUT2D eigenvalue weighted by atomic mass is 10.1. The molecule has 0 aliphatic rings. The highest BCUT2D eigenvalue weighted by Crippen LogP contribution is 2.04. The van der Waals surface area contributed by atoms with Crippen LogP contribution in [0.3, 0.4) is 0 Å². The van der Waals surface area contributed by atoms with Crippen molar-refractivity contribution in [1.29, 1.82) is 0 Å². The lowest BCUT2D eigenvalue weighted by molar-refractivity contribution is 0.275. The van der Waals surface area contributed by atoms with E-state index in [9.17, 15) is 4.39 Å². The highest BCUT2D eigenvalue weighted by Gasteiger charge is 2.08. The van der Waals surface area contributed by atoms with E-state index in [1.165, 1.54) is 0 Å². The Labute approximate surface area is 87.2 Å². The molecule has 84 valence electrons. The maximum Gasteiger partial charge on any atom is 0.115 e. The molecule has 0 aromatic heterocycles. The average molecular weight is 202 g/mol. The fourth-order valence-electron chi connectivity index (χ4n) is 1.35. The topological polar surface area (TPSA) is 15.3 Å². The van der Waals surface area contributed by atoms with Crippen LogP contribution < -0.4 is 5.32 Å². The SMILES string of the molecule is CNCC(CC/C=C/C(C)F)N(C)C. The van der Waals surface area contributed by atoms with Crippen molar-refractivity contribution in [3.63, 3.8) is 0 Å². The number of hydrogen-bond donors (Lipinski definition) is 1. The molecule has 0 spiro atoms. The summed E-state index contributed by atoms with van der Waals surface area (Å²) in [5.41, 5.74) is 0. The van der Waals surface area contributed by atoms with Gasteiger partial charge in [0.15, 0.2) is 0 Å². The van der Waals surface area contributed by atoms with Crippen LogP contribution in [0.2, 0.25) is 0 Å². The number of rotatable bonds is 7. The highest BCUT2D eigenvalue weighted by molar-refractivity contribution is 4.87. The third-order valence-electron chi connectivity index (χ3n) is 2.24. The Bertz CT molecular complexity index is 155. The van der Waals surface area contributed by atoms with Crippen molar-refractivity contribution in [2.75, 3.05) is 27.7 Å². The minimum Gasteiger partial charge on any atom is -0.318 e. The molecule has 2 atom stereocenters. The van der Waals surface area contributed by atoms with Gasteiger partial charge < -0.3 is 10.2 Å². The lowest BCUT2D eigenvalue weighted by Crippen LogP contribution is -2.36. The molecule has 0 amide bonds. The van der Waals surface area contributed by atoms with Crippen LogP contribution in [0.1, 0.15) is 19.8 Å². The zero-order valence-corrected chi connectivity index (χ0v) is 9.76. The minimum atomic E-state index is -0.822. The normalized spacial score (nSPS) is 16.4. The van der Waals surface area contributed by atoms with E-state index in [1.807, 2.05) is 13.1 Å². The molecular formula is C11H23FN2. The third kappa shape index (κ3) is 7.04. The van der Waals surface area contributed by atoms with E-state index in [2.05, 4.69) is 24.3 Å². The van der Waals surface area contributed by atoms with Gasteiger partial charge in [0, 0.05) is 12.6 Å². The van der Waals surface area contributed by atoms with Crippen molar-refractivity contribution in [3.05, 3.63) is 12.2 Å². The predicted molar refractivity (Wildman–Crippen MR) is 60.3 cm³/mol. The van der Waals surface area contributed by atoms with Gasteiger partial charge in [0.2, 0.25) is 0 Å². The van der Waals surface area contributed by atoms with Crippen molar-refractivity contribution in [2.45, 2.75) is 32.0 Å². The standard InChI is InChI=1S/C11H23FN2/c1-10(12)7-5-6-8-11(9-13-2)14(3)4/h5,7,10-11,13H,6,8-9H2,1-4H3/b7-5+. The van der Waals surface area contributed by atoms with Gasteiger partial charge in [-0.15, -0.1) is 0 Å². The van der Waals surface area contributed by atoms with Crippen LogP contribution in [0.5, 0.6) is 0 Å². The molecule has 0 aliphatic carbocycles. The molecule has 0 aromatic carbocycles. The summed E-state index contributed by atoms with van der Waals surface area (Å²) in [7, 11) is 6.10. The molecule has 2 unspecified atom stereocenters. The van der Waals surface area contributed by atoms with Gasteiger partial charge in [-0.3, -0.25) is 0 Å². The first-order valence-corrected chi connectivity index (χ1v) is 5.19. The molecule has 0 heterocycles. The summed E-state index contributed by atoms with van der Waals surface area (Å²) < 4.78 is 12.4. The first-order chi connectivity index (χ1) is 6.57. The first kappa shape index (κ1) is 13.6. The highest BCUT2D eigenvalue weighted by atomic mass is 19.1. The number of nitrogens with one attached hydrogen (secondary N) is 1. The summed E-state index contributed by atoms with van der Waals surface area (Å²) in [5.74, 6) is 0. The summed E-state index contributed by atoms with van der Waals surface area (Å²) in [5, 5.41) is 3.16. The molecule has 0 aliphatic heterocycles. The maximum atomic E-state index is 12.4. The second-order valence-corrected chi connectivity index (χ2v) is 3.86. The Kier molecular flexibility index (Phi) is 7.71. The number of allylic oxidation sites excluding steroid dienone is 2. The van der Waals surface area contributed by atoms with E-state index >= 15 is 0 Å². The van der Waals surface area contributed by atoms with Crippen LogP contribution in [0, 0.1) is 0 Å². The van der Waals surface area contributed by atoms with Gasteiger partial charge in [-0.25, -0.2) is 4.39 Å². The molecule has 0 saturated carbocycles. The van der Waals surface area contributed by atoms with E-state index in [0.29, 0.717) is 6.04 Å². The number of likely N-dealkylation sites (N-methyl/N-ethyl adjacent to an activating group) is 2. The molecule has 0 radical (unpaired) electrons. The summed E-state index contributed by atoms with van der Waals surface area (Å²) >= 11 is 0. The first-order valence-electron chi connectivity index (χ1n) is 5.19. The minimum absolute atomic E-state index is 0.527. The van der Waals surface area contributed by atoms with Crippen molar-refractivity contribution < 1.29 is 4.39 Å². The van der Waals surface area contributed by atoms with Crippen LogP contribution >= 0.6 is 0 Å². The van der Waals surface area contributed by atoms with Gasteiger partial charge in [-0.2, -0.15) is 0 Å². The number of halogens is 1. The van der Waals surface area contributed by atoms with Crippen molar-refractivity contribution >= 4 is 0 Å². The summed E-state index contributed by atoms with van der Waals surface area (Å²) in [4.78, 5) is 2.20. The van der Waals surface area contributed by atoms with Gasteiger partial charge in [0.05, 0.1) is 0 Å². The molecule has 3 heteroatoms. The molecule has 1 N–H and O–H groups in total. The molecule has 14 heavy (non-hydrogen) atoms. The Balaban J connectivity index is 3.71. The van der Waals surface area contributed by atoms with Crippen molar-refractivity contribution in [2.24, 2.45) is 0 Å². The van der Waals surface area contributed by atoms with E-state index in [4.69, 9.17) is 0 Å². The van der Waals surface area contributed by atoms with E-state index < -0.39 is 6.17 Å². The van der Waals surface area contributed by atoms with Crippen LogP contribution in [0.15, 0.2) is 12.2 Å². The molecule has 0 bridgehead atoms. The summed E-state index contributed by atoms with van der Waals surface area (Å²) in [6.07, 6.45) is 4.73. The van der Waals surface area contributed by atoms with Crippen LogP contribution in [-0.2, 0) is 0 Å². The average Bonchev–Trinajstić information content (AvgIpc) is 2.09.